The minimum absolute atomic E-state index is 0.570. The molecule has 1 aromatic heterocycles. The molecule has 0 aliphatic heterocycles. The molecule has 0 fully saturated rings. The number of anilines is 1. The number of ether oxygens (including phenoxy) is 1. The van der Waals surface area contributed by atoms with Crippen molar-refractivity contribution in [1.82, 2.24) is 9.97 Å². The number of nitrogens with one attached hydrogen (secondary N) is 1. The van der Waals surface area contributed by atoms with Crippen molar-refractivity contribution in [2.45, 2.75) is 40.0 Å². The first-order valence-corrected chi connectivity index (χ1v) is 7.49. The van der Waals surface area contributed by atoms with Crippen molar-refractivity contribution < 1.29 is 4.74 Å². The second kappa shape index (κ2) is 7.07. The molecule has 1 heterocycles. The second-order valence-electron chi connectivity index (χ2n) is 5.19. The summed E-state index contributed by atoms with van der Waals surface area (Å²) in [6, 6.07) is 8.22. The topological polar surface area (TPSA) is 47.0 Å². The van der Waals surface area contributed by atoms with Gasteiger partial charge in [-0.25, -0.2) is 4.98 Å². The van der Waals surface area contributed by atoms with Gasteiger partial charge in [0.1, 0.15) is 5.75 Å². The highest BCUT2D eigenvalue weighted by atomic mass is 16.5. The Hall–Kier alpha value is -2.10. The number of nitrogens with zero attached hydrogens (tertiary/aromatic N) is 2. The molecular formula is C17H23N3O. The van der Waals surface area contributed by atoms with Gasteiger partial charge in [-0.05, 0) is 43.9 Å². The Morgan fingerprint density at radius 2 is 1.90 bits per heavy atom. The van der Waals surface area contributed by atoms with Gasteiger partial charge in [0.05, 0.1) is 0 Å². The molecular weight excluding hydrogens is 262 g/mol. The van der Waals surface area contributed by atoms with Gasteiger partial charge in [0.2, 0.25) is 11.8 Å². The largest absolute Gasteiger partial charge is 0.439 e. The van der Waals surface area contributed by atoms with Crippen molar-refractivity contribution in [3.8, 4) is 11.6 Å². The summed E-state index contributed by atoms with van der Waals surface area (Å²) in [5, 5.41) is 3.09. The summed E-state index contributed by atoms with van der Waals surface area (Å²) in [7, 11) is 0. The molecule has 0 bridgehead atoms. The lowest BCUT2D eigenvalue weighted by molar-refractivity contribution is 0.458. The molecule has 0 saturated carbocycles. The molecule has 4 heteroatoms. The summed E-state index contributed by atoms with van der Waals surface area (Å²) < 4.78 is 5.87. The van der Waals surface area contributed by atoms with Crippen molar-refractivity contribution in [3.05, 3.63) is 41.6 Å². The molecule has 1 atom stereocenters. The van der Waals surface area contributed by atoms with Crippen LogP contribution in [0.4, 0.5) is 5.95 Å². The van der Waals surface area contributed by atoms with Gasteiger partial charge in [-0.1, -0.05) is 26.0 Å². The Morgan fingerprint density at radius 1 is 1.19 bits per heavy atom. The number of benzene rings is 1. The van der Waals surface area contributed by atoms with Crippen LogP contribution >= 0.6 is 0 Å². The standard InChI is InChI=1S/C17H23N3O/c1-5-12(3)14-7-9-15(10-8-14)21-16-13(4)11-19-17(20-16)18-6-2/h7-12H,5-6H2,1-4H3,(H,18,19,20). The van der Waals surface area contributed by atoms with Crippen LogP contribution < -0.4 is 10.1 Å². The number of aromatic nitrogens is 2. The monoisotopic (exact) mass is 285 g/mol. The van der Waals surface area contributed by atoms with Crippen molar-refractivity contribution >= 4 is 5.95 Å². The summed E-state index contributed by atoms with van der Waals surface area (Å²) in [5.74, 6) is 2.55. The fourth-order valence-electron chi connectivity index (χ4n) is 1.98. The highest BCUT2D eigenvalue weighted by Crippen LogP contribution is 2.26. The van der Waals surface area contributed by atoms with Crippen molar-refractivity contribution in [2.24, 2.45) is 0 Å². The van der Waals surface area contributed by atoms with Gasteiger partial charge in [0, 0.05) is 18.3 Å². The van der Waals surface area contributed by atoms with E-state index in [2.05, 4.69) is 41.3 Å². The summed E-state index contributed by atoms with van der Waals surface area (Å²) >= 11 is 0. The Balaban J connectivity index is 2.15. The van der Waals surface area contributed by atoms with Crippen LogP contribution in [-0.2, 0) is 0 Å². The van der Waals surface area contributed by atoms with Crippen LogP contribution in [0.1, 0.15) is 44.2 Å². The van der Waals surface area contributed by atoms with Gasteiger partial charge >= 0.3 is 0 Å². The van der Waals surface area contributed by atoms with Gasteiger partial charge in [-0.2, -0.15) is 4.98 Å². The average Bonchev–Trinajstić information content (AvgIpc) is 2.51. The third-order valence-corrected chi connectivity index (χ3v) is 3.54. The smallest absolute Gasteiger partial charge is 0.226 e. The van der Waals surface area contributed by atoms with Crippen LogP contribution in [0.2, 0.25) is 0 Å². The fraction of sp³-hybridized carbons (Fsp3) is 0.412. The van der Waals surface area contributed by atoms with Gasteiger partial charge in [0.15, 0.2) is 0 Å². The molecule has 0 spiro atoms. The predicted octanol–water partition coefficient (Wildman–Crippen LogP) is 4.52. The van der Waals surface area contributed by atoms with E-state index in [1.165, 1.54) is 5.56 Å². The van der Waals surface area contributed by atoms with E-state index >= 15 is 0 Å². The Kier molecular flexibility index (Phi) is 5.14. The SMILES string of the molecule is CCNc1ncc(C)c(Oc2ccc(C(C)CC)cc2)n1. The molecule has 1 N–H and O–H groups in total. The van der Waals surface area contributed by atoms with Gasteiger partial charge in [-0.3, -0.25) is 0 Å². The maximum Gasteiger partial charge on any atom is 0.226 e. The predicted molar refractivity (Wildman–Crippen MR) is 86.2 cm³/mol. The van der Waals surface area contributed by atoms with E-state index in [9.17, 15) is 0 Å². The Morgan fingerprint density at radius 3 is 2.52 bits per heavy atom. The lowest BCUT2D eigenvalue weighted by Crippen LogP contribution is -2.03. The molecule has 21 heavy (non-hydrogen) atoms. The van der Waals surface area contributed by atoms with Crippen LogP contribution in [0.25, 0.3) is 0 Å². The minimum atomic E-state index is 0.570. The van der Waals surface area contributed by atoms with E-state index in [1.807, 2.05) is 26.0 Å². The zero-order chi connectivity index (χ0) is 15.2. The maximum absolute atomic E-state index is 5.87. The highest BCUT2D eigenvalue weighted by Gasteiger charge is 2.07. The van der Waals surface area contributed by atoms with Crippen LogP contribution in [-0.4, -0.2) is 16.5 Å². The van der Waals surface area contributed by atoms with E-state index in [0.29, 0.717) is 17.7 Å². The summed E-state index contributed by atoms with van der Waals surface area (Å²) in [5.41, 5.74) is 2.25. The number of hydrogen-bond donors (Lipinski definition) is 1. The van der Waals surface area contributed by atoms with Crippen LogP contribution in [0, 0.1) is 6.92 Å². The Labute approximate surface area is 126 Å². The molecule has 0 saturated heterocycles. The zero-order valence-electron chi connectivity index (χ0n) is 13.2. The molecule has 0 amide bonds. The summed E-state index contributed by atoms with van der Waals surface area (Å²) in [4.78, 5) is 8.60. The van der Waals surface area contributed by atoms with E-state index in [4.69, 9.17) is 4.74 Å². The van der Waals surface area contributed by atoms with Crippen LogP contribution in [0.3, 0.4) is 0 Å². The number of aryl methyl sites for hydroxylation is 1. The second-order valence-corrected chi connectivity index (χ2v) is 5.19. The third kappa shape index (κ3) is 3.94. The summed E-state index contributed by atoms with van der Waals surface area (Å²) in [6.45, 7) is 9.16. The quantitative estimate of drug-likeness (QED) is 0.847. The number of rotatable bonds is 6. The maximum atomic E-state index is 5.87. The van der Waals surface area contributed by atoms with Crippen LogP contribution in [0.5, 0.6) is 11.6 Å². The third-order valence-electron chi connectivity index (χ3n) is 3.54. The first-order valence-electron chi connectivity index (χ1n) is 7.49. The molecule has 2 aromatic rings. The first kappa shape index (κ1) is 15.3. The summed E-state index contributed by atoms with van der Waals surface area (Å²) in [6.07, 6.45) is 2.91. The van der Waals surface area contributed by atoms with E-state index in [-0.39, 0.29) is 0 Å². The van der Waals surface area contributed by atoms with E-state index < -0.39 is 0 Å². The molecule has 1 aromatic carbocycles. The van der Waals surface area contributed by atoms with Crippen molar-refractivity contribution in [3.63, 3.8) is 0 Å². The normalized spacial score (nSPS) is 12.0. The lowest BCUT2D eigenvalue weighted by atomic mass is 9.99. The first-order chi connectivity index (χ1) is 10.1. The van der Waals surface area contributed by atoms with Gasteiger partial charge in [-0.15, -0.1) is 0 Å². The average molecular weight is 285 g/mol. The molecule has 0 aliphatic carbocycles. The fourth-order valence-corrected chi connectivity index (χ4v) is 1.98. The molecule has 1 unspecified atom stereocenters. The number of hydrogen-bond acceptors (Lipinski definition) is 4. The van der Waals surface area contributed by atoms with E-state index in [1.54, 1.807) is 6.20 Å². The van der Waals surface area contributed by atoms with Crippen LogP contribution in [0.15, 0.2) is 30.5 Å². The molecule has 0 radical (unpaired) electrons. The molecule has 4 nitrogen and oxygen atoms in total. The van der Waals surface area contributed by atoms with Crippen molar-refractivity contribution in [1.29, 1.82) is 0 Å². The molecule has 2 rings (SSSR count). The van der Waals surface area contributed by atoms with Crippen molar-refractivity contribution in [2.75, 3.05) is 11.9 Å². The minimum Gasteiger partial charge on any atom is -0.439 e. The van der Waals surface area contributed by atoms with Gasteiger partial charge in [0.25, 0.3) is 0 Å². The lowest BCUT2D eigenvalue weighted by Gasteiger charge is -2.12. The zero-order valence-corrected chi connectivity index (χ0v) is 13.2. The highest BCUT2D eigenvalue weighted by molar-refractivity contribution is 5.37. The van der Waals surface area contributed by atoms with Gasteiger partial charge < -0.3 is 10.1 Å². The Bertz CT molecular complexity index is 581. The van der Waals surface area contributed by atoms with E-state index in [0.717, 1.165) is 24.3 Å². The molecule has 0 aliphatic rings. The molecule has 112 valence electrons.